The summed E-state index contributed by atoms with van der Waals surface area (Å²) in [6.07, 6.45) is 6.08. The first-order chi connectivity index (χ1) is 9.24. The Balaban J connectivity index is 2.11. The standard InChI is InChI=1S/C17H28N2/c1-4-17(5-2,6-3)19-13-14-9-7-11-16-15(14)10-8-12-18-16/h7,9,11,18-19H,4-6,8,10,12-13H2,1-3H3. The molecule has 2 rings (SSSR count). The summed E-state index contributed by atoms with van der Waals surface area (Å²) in [6, 6.07) is 6.68. The second kappa shape index (κ2) is 6.42. The van der Waals surface area contributed by atoms with Gasteiger partial charge in [-0.15, -0.1) is 0 Å². The minimum absolute atomic E-state index is 0.310. The van der Waals surface area contributed by atoms with E-state index < -0.39 is 0 Å². The van der Waals surface area contributed by atoms with E-state index in [2.05, 4.69) is 49.6 Å². The van der Waals surface area contributed by atoms with Gasteiger partial charge in [-0.2, -0.15) is 0 Å². The van der Waals surface area contributed by atoms with E-state index in [-0.39, 0.29) is 0 Å². The quantitative estimate of drug-likeness (QED) is 0.804. The lowest BCUT2D eigenvalue weighted by Gasteiger charge is -2.33. The summed E-state index contributed by atoms with van der Waals surface area (Å²) in [5, 5.41) is 7.34. The van der Waals surface area contributed by atoms with Crippen molar-refractivity contribution in [1.82, 2.24) is 5.32 Å². The first-order valence-electron chi connectivity index (χ1n) is 7.84. The van der Waals surface area contributed by atoms with Crippen molar-refractivity contribution in [1.29, 1.82) is 0 Å². The molecule has 0 aromatic heterocycles. The smallest absolute Gasteiger partial charge is 0.0375 e. The molecule has 0 unspecified atom stereocenters. The van der Waals surface area contributed by atoms with Crippen molar-refractivity contribution in [3.63, 3.8) is 0 Å². The Hall–Kier alpha value is -1.02. The summed E-state index contributed by atoms with van der Waals surface area (Å²) in [6.45, 7) is 9.00. The molecule has 0 spiro atoms. The van der Waals surface area contributed by atoms with Crippen LogP contribution in [0, 0.1) is 0 Å². The number of hydrogen-bond donors (Lipinski definition) is 2. The largest absolute Gasteiger partial charge is 0.385 e. The Morgan fingerprint density at radius 3 is 2.58 bits per heavy atom. The molecule has 0 bridgehead atoms. The molecule has 0 saturated heterocycles. The van der Waals surface area contributed by atoms with Crippen LogP contribution in [0.25, 0.3) is 0 Å². The minimum atomic E-state index is 0.310. The second-order valence-electron chi connectivity index (χ2n) is 5.67. The SMILES string of the molecule is CCC(CC)(CC)NCc1cccc2c1CCCN2. The third kappa shape index (κ3) is 3.11. The molecule has 2 N–H and O–H groups in total. The summed E-state index contributed by atoms with van der Waals surface area (Å²) in [7, 11) is 0. The first-order valence-corrected chi connectivity index (χ1v) is 7.84. The van der Waals surface area contributed by atoms with Crippen molar-refractivity contribution < 1.29 is 0 Å². The average Bonchev–Trinajstić information content (AvgIpc) is 2.49. The van der Waals surface area contributed by atoms with Crippen LogP contribution in [0.15, 0.2) is 18.2 Å². The van der Waals surface area contributed by atoms with Crippen molar-refractivity contribution in [2.24, 2.45) is 0 Å². The predicted octanol–water partition coefficient (Wildman–Crippen LogP) is 4.10. The van der Waals surface area contributed by atoms with Crippen LogP contribution in [0.2, 0.25) is 0 Å². The fourth-order valence-corrected chi connectivity index (χ4v) is 3.16. The maximum atomic E-state index is 3.82. The number of fused-ring (bicyclic) bond motifs is 1. The van der Waals surface area contributed by atoms with Crippen LogP contribution >= 0.6 is 0 Å². The molecule has 2 heteroatoms. The fraction of sp³-hybridized carbons (Fsp3) is 0.647. The monoisotopic (exact) mass is 260 g/mol. The number of rotatable bonds is 6. The first kappa shape index (κ1) is 14.4. The molecule has 1 heterocycles. The Labute approximate surface area is 118 Å². The van der Waals surface area contributed by atoms with Crippen molar-refractivity contribution in [3.05, 3.63) is 29.3 Å². The molecule has 1 aromatic rings. The number of anilines is 1. The van der Waals surface area contributed by atoms with E-state index in [4.69, 9.17) is 0 Å². The van der Waals surface area contributed by atoms with E-state index in [0.717, 1.165) is 13.1 Å². The molecule has 0 amide bonds. The van der Waals surface area contributed by atoms with Crippen LogP contribution in [0.3, 0.4) is 0 Å². The summed E-state index contributed by atoms with van der Waals surface area (Å²) >= 11 is 0. The third-order valence-corrected chi connectivity index (χ3v) is 4.88. The van der Waals surface area contributed by atoms with Gasteiger partial charge < -0.3 is 10.6 Å². The van der Waals surface area contributed by atoms with Gasteiger partial charge in [-0.25, -0.2) is 0 Å². The molecule has 0 fully saturated rings. The summed E-state index contributed by atoms with van der Waals surface area (Å²) < 4.78 is 0. The Bertz CT molecular complexity index is 399. The van der Waals surface area contributed by atoms with E-state index >= 15 is 0 Å². The molecule has 19 heavy (non-hydrogen) atoms. The molecule has 1 aliphatic heterocycles. The van der Waals surface area contributed by atoms with Gasteiger partial charge >= 0.3 is 0 Å². The fourth-order valence-electron chi connectivity index (χ4n) is 3.16. The summed E-state index contributed by atoms with van der Waals surface area (Å²) in [4.78, 5) is 0. The van der Waals surface area contributed by atoms with Gasteiger partial charge in [0.05, 0.1) is 0 Å². The summed E-state index contributed by atoms with van der Waals surface area (Å²) in [5.41, 5.74) is 4.66. The van der Waals surface area contributed by atoms with Crippen LogP contribution in [0.4, 0.5) is 5.69 Å². The lowest BCUT2D eigenvalue weighted by atomic mass is 9.89. The molecule has 0 saturated carbocycles. The van der Waals surface area contributed by atoms with Crippen molar-refractivity contribution in [2.45, 2.75) is 65.0 Å². The van der Waals surface area contributed by atoms with Gasteiger partial charge in [0.1, 0.15) is 0 Å². The molecule has 0 atom stereocenters. The molecule has 106 valence electrons. The lowest BCUT2D eigenvalue weighted by Crippen LogP contribution is -2.43. The Morgan fingerprint density at radius 1 is 1.16 bits per heavy atom. The van der Waals surface area contributed by atoms with E-state index in [0.29, 0.717) is 5.54 Å². The maximum absolute atomic E-state index is 3.82. The van der Waals surface area contributed by atoms with Crippen molar-refractivity contribution in [3.8, 4) is 0 Å². The maximum Gasteiger partial charge on any atom is 0.0375 e. The van der Waals surface area contributed by atoms with Gasteiger partial charge in [0.25, 0.3) is 0 Å². The Kier molecular flexibility index (Phi) is 4.87. The molecular formula is C17H28N2. The zero-order chi connectivity index (χ0) is 13.7. The van der Waals surface area contributed by atoms with Crippen LogP contribution in [-0.4, -0.2) is 12.1 Å². The highest BCUT2D eigenvalue weighted by molar-refractivity contribution is 5.56. The van der Waals surface area contributed by atoms with Crippen LogP contribution in [0.1, 0.15) is 57.6 Å². The Morgan fingerprint density at radius 2 is 1.89 bits per heavy atom. The van der Waals surface area contributed by atoms with E-state index in [1.807, 2.05) is 0 Å². The minimum Gasteiger partial charge on any atom is -0.385 e. The highest BCUT2D eigenvalue weighted by Gasteiger charge is 2.23. The lowest BCUT2D eigenvalue weighted by molar-refractivity contribution is 0.287. The number of benzene rings is 1. The number of nitrogens with one attached hydrogen (secondary N) is 2. The highest BCUT2D eigenvalue weighted by atomic mass is 15.0. The van der Waals surface area contributed by atoms with Crippen LogP contribution in [0.5, 0.6) is 0 Å². The number of hydrogen-bond acceptors (Lipinski definition) is 2. The second-order valence-corrected chi connectivity index (χ2v) is 5.67. The van der Waals surface area contributed by atoms with Gasteiger partial charge in [0.2, 0.25) is 0 Å². The normalized spacial score (nSPS) is 14.9. The van der Waals surface area contributed by atoms with Gasteiger partial charge in [0, 0.05) is 24.3 Å². The van der Waals surface area contributed by atoms with Gasteiger partial charge in [-0.3, -0.25) is 0 Å². The van der Waals surface area contributed by atoms with E-state index in [1.165, 1.54) is 48.9 Å². The van der Waals surface area contributed by atoms with E-state index in [1.54, 1.807) is 0 Å². The topological polar surface area (TPSA) is 24.1 Å². The summed E-state index contributed by atoms with van der Waals surface area (Å²) in [5.74, 6) is 0. The van der Waals surface area contributed by atoms with Gasteiger partial charge in [-0.1, -0.05) is 32.9 Å². The van der Waals surface area contributed by atoms with Gasteiger partial charge in [0.15, 0.2) is 0 Å². The average molecular weight is 260 g/mol. The molecule has 0 aliphatic carbocycles. The van der Waals surface area contributed by atoms with Crippen LogP contribution in [-0.2, 0) is 13.0 Å². The van der Waals surface area contributed by atoms with Crippen molar-refractivity contribution >= 4 is 5.69 Å². The van der Waals surface area contributed by atoms with Crippen LogP contribution < -0.4 is 10.6 Å². The zero-order valence-corrected chi connectivity index (χ0v) is 12.7. The highest BCUT2D eigenvalue weighted by Crippen LogP contribution is 2.26. The third-order valence-electron chi connectivity index (χ3n) is 4.88. The molecule has 2 nitrogen and oxygen atoms in total. The molecule has 0 radical (unpaired) electrons. The molecule has 1 aliphatic rings. The predicted molar refractivity (Wildman–Crippen MR) is 83.7 cm³/mol. The zero-order valence-electron chi connectivity index (χ0n) is 12.7. The molecule has 1 aromatic carbocycles. The molecular weight excluding hydrogens is 232 g/mol. The van der Waals surface area contributed by atoms with Crippen molar-refractivity contribution in [2.75, 3.05) is 11.9 Å². The van der Waals surface area contributed by atoms with E-state index in [9.17, 15) is 0 Å². The van der Waals surface area contributed by atoms with Gasteiger partial charge in [-0.05, 0) is 49.3 Å².